The highest BCUT2D eigenvalue weighted by molar-refractivity contribution is 5.78. The van der Waals surface area contributed by atoms with Crippen molar-refractivity contribution >= 4 is 11.7 Å². The maximum Gasteiger partial charge on any atom is 0.224 e. The van der Waals surface area contributed by atoms with Crippen molar-refractivity contribution in [3.8, 4) is 0 Å². The van der Waals surface area contributed by atoms with E-state index in [2.05, 4.69) is 15.4 Å². The SMILES string of the molecule is CC(Cn1cccn1)C(=O)NCc1cccnc1N(C)C. The smallest absolute Gasteiger partial charge is 0.224 e. The predicted molar refractivity (Wildman–Crippen MR) is 81.8 cm³/mol. The van der Waals surface area contributed by atoms with Crippen LogP contribution in [0.3, 0.4) is 0 Å². The van der Waals surface area contributed by atoms with E-state index >= 15 is 0 Å². The molecule has 6 nitrogen and oxygen atoms in total. The molecule has 2 rings (SSSR count). The Hall–Kier alpha value is -2.37. The number of nitrogens with one attached hydrogen (secondary N) is 1. The summed E-state index contributed by atoms with van der Waals surface area (Å²) in [6.45, 7) is 2.95. The molecule has 1 N–H and O–H groups in total. The first-order valence-corrected chi connectivity index (χ1v) is 6.94. The van der Waals surface area contributed by atoms with Crippen molar-refractivity contribution < 1.29 is 4.79 Å². The maximum atomic E-state index is 12.1. The first-order valence-electron chi connectivity index (χ1n) is 6.94. The zero-order chi connectivity index (χ0) is 15.2. The van der Waals surface area contributed by atoms with Crippen LogP contribution in [0.15, 0.2) is 36.8 Å². The number of anilines is 1. The second-order valence-electron chi connectivity index (χ2n) is 5.23. The van der Waals surface area contributed by atoms with Gasteiger partial charge in [0.15, 0.2) is 0 Å². The summed E-state index contributed by atoms with van der Waals surface area (Å²) in [5, 5.41) is 7.07. The third kappa shape index (κ3) is 4.05. The van der Waals surface area contributed by atoms with Gasteiger partial charge >= 0.3 is 0 Å². The number of carbonyl (C=O) groups excluding carboxylic acids is 1. The fourth-order valence-electron chi connectivity index (χ4n) is 2.10. The van der Waals surface area contributed by atoms with E-state index in [4.69, 9.17) is 0 Å². The normalized spacial score (nSPS) is 12.0. The standard InChI is InChI=1S/C15H21N5O/c1-12(11-20-9-5-8-18-20)15(21)17-10-13-6-4-7-16-14(13)19(2)3/h4-9,12H,10-11H2,1-3H3,(H,17,21). The molecule has 112 valence electrons. The molecule has 0 aliphatic heterocycles. The van der Waals surface area contributed by atoms with Crippen molar-refractivity contribution in [2.75, 3.05) is 19.0 Å². The third-order valence-corrected chi connectivity index (χ3v) is 3.21. The van der Waals surface area contributed by atoms with Crippen molar-refractivity contribution in [1.29, 1.82) is 0 Å². The molecule has 0 saturated heterocycles. The van der Waals surface area contributed by atoms with E-state index in [1.165, 1.54) is 0 Å². The predicted octanol–water partition coefficient (Wildman–Crippen LogP) is 1.30. The number of aromatic nitrogens is 3. The molecule has 0 spiro atoms. The van der Waals surface area contributed by atoms with Crippen LogP contribution in [0, 0.1) is 5.92 Å². The molecular weight excluding hydrogens is 266 g/mol. The van der Waals surface area contributed by atoms with Crippen molar-refractivity contribution in [2.45, 2.75) is 20.0 Å². The van der Waals surface area contributed by atoms with Crippen LogP contribution in [0.5, 0.6) is 0 Å². The quantitative estimate of drug-likeness (QED) is 0.870. The monoisotopic (exact) mass is 287 g/mol. The van der Waals surface area contributed by atoms with Crippen LogP contribution >= 0.6 is 0 Å². The number of carbonyl (C=O) groups is 1. The molecule has 0 radical (unpaired) electrons. The summed E-state index contributed by atoms with van der Waals surface area (Å²) in [6.07, 6.45) is 5.32. The molecule has 1 amide bonds. The highest BCUT2D eigenvalue weighted by atomic mass is 16.1. The molecule has 21 heavy (non-hydrogen) atoms. The first-order chi connectivity index (χ1) is 10.1. The van der Waals surface area contributed by atoms with Gasteiger partial charge in [-0.15, -0.1) is 0 Å². The highest BCUT2D eigenvalue weighted by Gasteiger charge is 2.14. The van der Waals surface area contributed by atoms with Crippen molar-refractivity contribution in [2.24, 2.45) is 5.92 Å². The molecule has 2 aromatic rings. The van der Waals surface area contributed by atoms with Crippen molar-refractivity contribution in [3.63, 3.8) is 0 Å². The number of rotatable bonds is 6. The molecule has 1 atom stereocenters. The molecule has 0 bridgehead atoms. The lowest BCUT2D eigenvalue weighted by Crippen LogP contribution is -2.31. The second-order valence-corrected chi connectivity index (χ2v) is 5.23. The summed E-state index contributed by atoms with van der Waals surface area (Å²) in [7, 11) is 3.88. The van der Waals surface area contributed by atoms with Gasteiger partial charge in [0.1, 0.15) is 5.82 Å². The molecular formula is C15H21N5O. The Morgan fingerprint density at radius 3 is 2.86 bits per heavy atom. The lowest BCUT2D eigenvalue weighted by molar-refractivity contribution is -0.125. The highest BCUT2D eigenvalue weighted by Crippen LogP contribution is 2.14. The Kier molecular flexibility index (Phi) is 4.92. The molecule has 0 aliphatic rings. The van der Waals surface area contributed by atoms with E-state index in [9.17, 15) is 4.79 Å². The zero-order valence-corrected chi connectivity index (χ0v) is 12.7. The van der Waals surface area contributed by atoms with Gasteiger partial charge in [0.2, 0.25) is 5.91 Å². The van der Waals surface area contributed by atoms with Crippen molar-refractivity contribution in [1.82, 2.24) is 20.1 Å². The molecule has 0 aromatic carbocycles. The molecule has 2 heterocycles. The average Bonchev–Trinajstić information content (AvgIpc) is 2.97. The van der Waals surface area contributed by atoms with E-state index in [-0.39, 0.29) is 11.8 Å². The van der Waals surface area contributed by atoms with Gasteiger partial charge in [0, 0.05) is 44.8 Å². The Morgan fingerprint density at radius 2 is 2.19 bits per heavy atom. The molecule has 0 fully saturated rings. The fraction of sp³-hybridized carbons (Fsp3) is 0.400. The lowest BCUT2D eigenvalue weighted by Gasteiger charge is -2.17. The molecule has 2 aromatic heterocycles. The van der Waals surface area contributed by atoms with E-state index in [1.54, 1.807) is 17.1 Å². The van der Waals surface area contributed by atoms with Gasteiger partial charge in [-0.3, -0.25) is 9.48 Å². The number of hydrogen-bond donors (Lipinski definition) is 1. The summed E-state index contributed by atoms with van der Waals surface area (Å²) in [6, 6.07) is 5.70. The van der Waals surface area contributed by atoms with Crippen LogP contribution in [0.1, 0.15) is 12.5 Å². The molecule has 6 heteroatoms. The number of amides is 1. The minimum atomic E-state index is -0.135. The van der Waals surface area contributed by atoms with Gasteiger partial charge in [0.25, 0.3) is 0 Å². The maximum absolute atomic E-state index is 12.1. The summed E-state index contributed by atoms with van der Waals surface area (Å²) < 4.78 is 1.76. The molecule has 1 unspecified atom stereocenters. The first kappa shape index (κ1) is 15.0. The molecule has 0 saturated carbocycles. The van der Waals surface area contributed by atoms with Crippen LogP contribution in [-0.2, 0) is 17.9 Å². The Labute approximate surface area is 124 Å². The number of nitrogens with zero attached hydrogens (tertiary/aromatic N) is 4. The van der Waals surface area contributed by atoms with Gasteiger partial charge in [-0.05, 0) is 12.1 Å². The van der Waals surface area contributed by atoms with Crippen LogP contribution < -0.4 is 10.2 Å². The van der Waals surface area contributed by atoms with Crippen LogP contribution in [0.2, 0.25) is 0 Å². The van der Waals surface area contributed by atoms with E-state index in [0.717, 1.165) is 11.4 Å². The summed E-state index contributed by atoms with van der Waals surface area (Å²) in [5.41, 5.74) is 1.00. The Bertz CT molecular complexity index is 580. The minimum Gasteiger partial charge on any atom is -0.362 e. The lowest BCUT2D eigenvalue weighted by atomic mass is 10.1. The van der Waals surface area contributed by atoms with Gasteiger partial charge < -0.3 is 10.2 Å². The van der Waals surface area contributed by atoms with E-state index in [1.807, 2.05) is 50.3 Å². The van der Waals surface area contributed by atoms with Crippen molar-refractivity contribution in [3.05, 3.63) is 42.4 Å². The fourth-order valence-corrected chi connectivity index (χ4v) is 2.10. The second kappa shape index (κ2) is 6.88. The van der Waals surface area contributed by atoms with Gasteiger partial charge in [-0.25, -0.2) is 4.98 Å². The minimum absolute atomic E-state index is 0.0130. The van der Waals surface area contributed by atoms with E-state index < -0.39 is 0 Å². The molecule has 0 aliphatic carbocycles. The summed E-state index contributed by atoms with van der Waals surface area (Å²) >= 11 is 0. The van der Waals surface area contributed by atoms with Crippen LogP contribution in [0.25, 0.3) is 0 Å². The van der Waals surface area contributed by atoms with Crippen LogP contribution in [0.4, 0.5) is 5.82 Å². The Morgan fingerprint density at radius 1 is 1.38 bits per heavy atom. The van der Waals surface area contributed by atoms with Gasteiger partial charge in [0.05, 0.1) is 12.5 Å². The number of hydrogen-bond acceptors (Lipinski definition) is 4. The average molecular weight is 287 g/mol. The van der Waals surface area contributed by atoms with Gasteiger partial charge in [-0.2, -0.15) is 5.10 Å². The zero-order valence-electron chi connectivity index (χ0n) is 12.7. The third-order valence-electron chi connectivity index (χ3n) is 3.21. The number of pyridine rings is 1. The Balaban J connectivity index is 1.92. The largest absolute Gasteiger partial charge is 0.362 e. The van der Waals surface area contributed by atoms with E-state index in [0.29, 0.717) is 13.1 Å². The summed E-state index contributed by atoms with van der Waals surface area (Å²) in [5.74, 6) is 0.751. The topological polar surface area (TPSA) is 63.1 Å². The summed E-state index contributed by atoms with van der Waals surface area (Å²) in [4.78, 5) is 18.4. The van der Waals surface area contributed by atoms with Crippen LogP contribution in [-0.4, -0.2) is 34.8 Å². The van der Waals surface area contributed by atoms with Gasteiger partial charge in [-0.1, -0.05) is 13.0 Å².